The Bertz CT molecular complexity index is 670. The molecule has 9 heteroatoms. The molecule has 0 atom stereocenters. The maximum atomic E-state index is 12.6. The highest BCUT2D eigenvalue weighted by Crippen LogP contribution is 2.29. The summed E-state index contributed by atoms with van der Waals surface area (Å²) in [5, 5.41) is 0.911. The summed E-state index contributed by atoms with van der Waals surface area (Å²) in [6.07, 6.45) is -1.75. The lowest BCUT2D eigenvalue weighted by atomic mass is 10.2. The molecule has 0 bridgehead atoms. The van der Waals surface area contributed by atoms with Crippen LogP contribution in [0.15, 0.2) is 18.3 Å². The number of halogens is 3. The fraction of sp³-hybridized carbons (Fsp3) is 0.533. The molecule has 1 fully saturated rings. The summed E-state index contributed by atoms with van der Waals surface area (Å²) in [6, 6.07) is 2.53. The lowest BCUT2D eigenvalue weighted by Crippen LogP contribution is -2.31. The summed E-state index contributed by atoms with van der Waals surface area (Å²) in [5.74, 6) is 1.43. The summed E-state index contributed by atoms with van der Waals surface area (Å²) in [7, 11) is 0. The van der Waals surface area contributed by atoms with Crippen molar-refractivity contribution < 1.29 is 13.2 Å². The largest absolute Gasteiger partial charge is 0.417 e. The van der Waals surface area contributed by atoms with Gasteiger partial charge in [0.05, 0.1) is 5.56 Å². The molecule has 2 aromatic heterocycles. The first kappa shape index (κ1) is 16.9. The second-order valence-electron chi connectivity index (χ2n) is 5.58. The molecule has 3 rings (SSSR count). The van der Waals surface area contributed by atoms with Crippen LogP contribution in [0.1, 0.15) is 24.7 Å². The molecule has 130 valence electrons. The molecule has 0 radical (unpaired) electrons. The van der Waals surface area contributed by atoms with Gasteiger partial charge in [-0.3, -0.25) is 0 Å². The van der Waals surface area contributed by atoms with Crippen molar-refractivity contribution in [2.24, 2.45) is 0 Å². The van der Waals surface area contributed by atoms with E-state index in [9.17, 15) is 13.2 Å². The lowest BCUT2D eigenvalue weighted by molar-refractivity contribution is -0.137. The predicted molar refractivity (Wildman–Crippen MR) is 87.6 cm³/mol. The molecule has 1 aliphatic heterocycles. The Kier molecular flexibility index (Phi) is 4.88. The number of hydrogen-bond donors (Lipinski definition) is 0. The van der Waals surface area contributed by atoms with Gasteiger partial charge in [-0.1, -0.05) is 6.92 Å². The first-order valence-corrected chi connectivity index (χ1v) is 8.60. The number of alkyl halides is 3. The average molecular weight is 357 g/mol. The minimum absolute atomic E-state index is 0.580. The van der Waals surface area contributed by atoms with Crippen molar-refractivity contribution in [3.63, 3.8) is 0 Å². The summed E-state index contributed by atoms with van der Waals surface area (Å²) in [6.45, 7) is 5.08. The smallest absolute Gasteiger partial charge is 0.355 e. The number of nitrogens with zero attached hydrogens (tertiary/aromatic N) is 5. The van der Waals surface area contributed by atoms with E-state index in [1.54, 1.807) is 0 Å². The minimum Gasteiger partial charge on any atom is -0.355 e. The molecule has 2 aromatic rings. The summed E-state index contributed by atoms with van der Waals surface area (Å²) in [4.78, 5) is 12.7. The van der Waals surface area contributed by atoms with Crippen LogP contribution in [0.2, 0.25) is 0 Å². The van der Waals surface area contributed by atoms with Crippen LogP contribution in [0.25, 0.3) is 0 Å². The second-order valence-corrected chi connectivity index (χ2v) is 6.31. The normalized spacial score (nSPS) is 16.3. The van der Waals surface area contributed by atoms with E-state index < -0.39 is 11.7 Å². The van der Waals surface area contributed by atoms with E-state index in [4.69, 9.17) is 0 Å². The van der Waals surface area contributed by atoms with Gasteiger partial charge in [0.25, 0.3) is 0 Å². The van der Waals surface area contributed by atoms with Gasteiger partial charge in [-0.15, -0.1) is 0 Å². The molecule has 0 spiro atoms. The van der Waals surface area contributed by atoms with Crippen molar-refractivity contribution in [1.82, 2.24) is 14.3 Å². The van der Waals surface area contributed by atoms with Crippen LogP contribution in [0.5, 0.6) is 0 Å². The zero-order valence-electron chi connectivity index (χ0n) is 13.3. The van der Waals surface area contributed by atoms with E-state index in [1.807, 2.05) is 11.8 Å². The van der Waals surface area contributed by atoms with E-state index in [1.165, 1.54) is 17.6 Å². The summed E-state index contributed by atoms with van der Waals surface area (Å²) < 4.78 is 42.2. The third-order valence-electron chi connectivity index (χ3n) is 3.94. The monoisotopic (exact) mass is 357 g/mol. The maximum Gasteiger partial charge on any atom is 0.417 e. The van der Waals surface area contributed by atoms with Gasteiger partial charge in [0, 0.05) is 50.3 Å². The maximum absolute atomic E-state index is 12.6. The van der Waals surface area contributed by atoms with Crippen molar-refractivity contribution in [1.29, 1.82) is 0 Å². The van der Waals surface area contributed by atoms with Gasteiger partial charge in [0.1, 0.15) is 11.6 Å². The van der Waals surface area contributed by atoms with E-state index in [0.29, 0.717) is 12.4 Å². The van der Waals surface area contributed by atoms with Crippen LogP contribution < -0.4 is 9.80 Å². The number of pyridine rings is 1. The molecule has 5 nitrogen and oxygen atoms in total. The van der Waals surface area contributed by atoms with Crippen molar-refractivity contribution in [2.45, 2.75) is 25.9 Å². The van der Waals surface area contributed by atoms with E-state index in [-0.39, 0.29) is 0 Å². The zero-order valence-corrected chi connectivity index (χ0v) is 14.1. The number of aryl methyl sites for hydroxylation is 1. The van der Waals surface area contributed by atoms with Gasteiger partial charge in [-0.25, -0.2) is 9.97 Å². The molecule has 0 unspecified atom stereocenters. The highest BCUT2D eigenvalue weighted by Gasteiger charge is 2.31. The summed E-state index contributed by atoms with van der Waals surface area (Å²) in [5.41, 5.74) is -0.719. The van der Waals surface area contributed by atoms with Crippen LogP contribution in [-0.2, 0) is 12.6 Å². The highest BCUT2D eigenvalue weighted by molar-refractivity contribution is 7.09. The summed E-state index contributed by atoms with van der Waals surface area (Å²) >= 11 is 1.40. The standard InChI is InChI=1S/C15H18F3N5S/c1-2-12-20-14(24-21-12)23-7-3-6-22(8-9-23)13-5-4-11(10-19-13)15(16,17)18/h4-5,10H,2-3,6-9H2,1H3. The molecular formula is C15H18F3N5S. The molecule has 3 heterocycles. The fourth-order valence-corrected chi connectivity index (χ4v) is 3.40. The van der Waals surface area contributed by atoms with E-state index in [0.717, 1.165) is 55.7 Å². The first-order valence-electron chi connectivity index (χ1n) is 7.83. The second kappa shape index (κ2) is 6.92. The molecule has 1 aliphatic rings. The average Bonchev–Trinajstić information content (AvgIpc) is 2.91. The van der Waals surface area contributed by atoms with Gasteiger partial charge in [0.15, 0.2) is 0 Å². The molecule has 1 saturated heterocycles. The van der Waals surface area contributed by atoms with Crippen molar-refractivity contribution >= 4 is 22.5 Å². The number of rotatable bonds is 3. The third-order valence-corrected chi connectivity index (χ3v) is 4.75. The van der Waals surface area contributed by atoms with Crippen molar-refractivity contribution in [2.75, 3.05) is 36.0 Å². The molecule has 24 heavy (non-hydrogen) atoms. The van der Waals surface area contributed by atoms with Gasteiger partial charge in [-0.2, -0.15) is 17.5 Å². The van der Waals surface area contributed by atoms with E-state index in [2.05, 4.69) is 19.2 Å². The topological polar surface area (TPSA) is 45.2 Å². The molecule has 0 N–H and O–H groups in total. The van der Waals surface area contributed by atoms with Crippen LogP contribution in [0.3, 0.4) is 0 Å². The minimum atomic E-state index is -4.35. The van der Waals surface area contributed by atoms with Crippen molar-refractivity contribution in [3.8, 4) is 0 Å². The van der Waals surface area contributed by atoms with Gasteiger partial charge < -0.3 is 9.80 Å². The predicted octanol–water partition coefficient (Wildman–Crippen LogP) is 3.23. The van der Waals surface area contributed by atoms with Crippen molar-refractivity contribution in [3.05, 3.63) is 29.7 Å². The third kappa shape index (κ3) is 3.77. The molecule has 0 aliphatic carbocycles. The van der Waals surface area contributed by atoms with Gasteiger partial charge >= 0.3 is 6.18 Å². The number of hydrogen-bond acceptors (Lipinski definition) is 6. The van der Waals surface area contributed by atoms with Crippen LogP contribution >= 0.6 is 11.5 Å². The van der Waals surface area contributed by atoms with Gasteiger partial charge in [-0.05, 0) is 18.6 Å². The van der Waals surface area contributed by atoms with Crippen LogP contribution in [0, 0.1) is 0 Å². The van der Waals surface area contributed by atoms with E-state index >= 15 is 0 Å². The highest BCUT2D eigenvalue weighted by atomic mass is 32.1. The number of aromatic nitrogens is 3. The van der Waals surface area contributed by atoms with Gasteiger partial charge in [0.2, 0.25) is 5.13 Å². The molecule has 0 amide bonds. The lowest BCUT2D eigenvalue weighted by Gasteiger charge is -2.22. The number of anilines is 2. The van der Waals surface area contributed by atoms with Crippen LogP contribution in [-0.4, -0.2) is 40.5 Å². The Morgan fingerprint density at radius 3 is 2.50 bits per heavy atom. The Labute approximate surface area is 142 Å². The Balaban J connectivity index is 1.67. The fourth-order valence-electron chi connectivity index (χ4n) is 2.60. The zero-order chi connectivity index (χ0) is 17.2. The Morgan fingerprint density at radius 2 is 1.88 bits per heavy atom. The first-order chi connectivity index (χ1) is 11.5. The SMILES string of the molecule is CCc1nsc(N2CCCN(c3ccc(C(F)(F)F)cn3)CC2)n1. The molecular weight excluding hydrogens is 339 g/mol. The quantitative estimate of drug-likeness (QED) is 0.844. The molecule has 0 aromatic carbocycles. The Hall–Kier alpha value is -1.90. The molecule has 0 saturated carbocycles. The van der Waals surface area contributed by atoms with Crippen LogP contribution in [0.4, 0.5) is 24.1 Å². The Morgan fingerprint density at radius 1 is 1.12 bits per heavy atom.